The van der Waals surface area contributed by atoms with Gasteiger partial charge in [-0.1, -0.05) is 18.2 Å². The van der Waals surface area contributed by atoms with Crippen molar-refractivity contribution in [1.82, 2.24) is 4.72 Å². The van der Waals surface area contributed by atoms with E-state index in [1.54, 1.807) is 24.3 Å². The zero-order chi connectivity index (χ0) is 15.5. The molecule has 0 saturated carbocycles. The second-order valence-corrected chi connectivity index (χ2v) is 6.87. The van der Waals surface area contributed by atoms with Gasteiger partial charge < -0.3 is 9.84 Å². The summed E-state index contributed by atoms with van der Waals surface area (Å²) in [6, 6.07) is 11.1. The van der Waals surface area contributed by atoms with Crippen LogP contribution in [-0.4, -0.2) is 20.6 Å². The quantitative estimate of drug-likeness (QED) is 0.846. The number of methoxy groups -OCH3 is 1. The first-order valence-corrected chi connectivity index (χ1v) is 8.32. The number of rotatable bonds is 5. The molecule has 2 N–H and O–H groups in total. The van der Waals surface area contributed by atoms with Gasteiger partial charge in [-0.2, -0.15) is 0 Å². The van der Waals surface area contributed by atoms with E-state index in [0.29, 0.717) is 15.8 Å². The molecule has 0 aliphatic carbocycles. The highest BCUT2D eigenvalue weighted by molar-refractivity contribution is 9.10. The maximum atomic E-state index is 12.2. The van der Waals surface area contributed by atoms with E-state index in [9.17, 15) is 13.5 Å². The van der Waals surface area contributed by atoms with Crippen molar-refractivity contribution < 1.29 is 18.3 Å². The van der Waals surface area contributed by atoms with Gasteiger partial charge in [-0.05, 0) is 40.2 Å². The summed E-state index contributed by atoms with van der Waals surface area (Å²) in [6.45, 7) is 0.0126. The number of aromatic hydroxyl groups is 1. The van der Waals surface area contributed by atoms with E-state index in [0.717, 1.165) is 0 Å². The summed E-state index contributed by atoms with van der Waals surface area (Å²) in [5.74, 6) is 0.603. The molecule has 0 aromatic heterocycles. The van der Waals surface area contributed by atoms with Gasteiger partial charge in [0, 0.05) is 12.1 Å². The molecule has 0 fully saturated rings. The third kappa shape index (κ3) is 3.75. The number of ether oxygens (including phenoxy) is 1. The second-order valence-electron chi connectivity index (χ2n) is 4.25. The fourth-order valence-corrected chi connectivity index (χ4v) is 3.46. The molecule has 7 heteroatoms. The Morgan fingerprint density at radius 1 is 1.24 bits per heavy atom. The first kappa shape index (κ1) is 15.8. The van der Waals surface area contributed by atoms with Crippen molar-refractivity contribution in [3.05, 3.63) is 52.5 Å². The normalized spacial score (nSPS) is 11.3. The lowest BCUT2D eigenvalue weighted by Crippen LogP contribution is -2.23. The largest absolute Gasteiger partial charge is 0.508 e. The average molecular weight is 372 g/mol. The van der Waals surface area contributed by atoms with Gasteiger partial charge in [0.1, 0.15) is 11.5 Å². The van der Waals surface area contributed by atoms with Crippen LogP contribution in [0.4, 0.5) is 0 Å². The van der Waals surface area contributed by atoms with Crippen LogP contribution >= 0.6 is 15.9 Å². The highest BCUT2D eigenvalue weighted by Crippen LogP contribution is 2.27. The number of para-hydroxylation sites is 1. The number of hydrogen-bond donors (Lipinski definition) is 2. The summed E-state index contributed by atoms with van der Waals surface area (Å²) < 4.78 is 32.5. The van der Waals surface area contributed by atoms with Crippen LogP contribution in [0.5, 0.6) is 11.5 Å². The van der Waals surface area contributed by atoms with Gasteiger partial charge in [0.25, 0.3) is 0 Å². The first-order chi connectivity index (χ1) is 9.94. The van der Waals surface area contributed by atoms with Crippen LogP contribution < -0.4 is 9.46 Å². The van der Waals surface area contributed by atoms with Crippen molar-refractivity contribution in [2.24, 2.45) is 0 Å². The fraction of sp³-hybridized carbons (Fsp3) is 0.143. The van der Waals surface area contributed by atoms with E-state index in [1.807, 2.05) is 0 Å². The van der Waals surface area contributed by atoms with E-state index in [1.165, 1.54) is 25.3 Å². The van der Waals surface area contributed by atoms with E-state index in [-0.39, 0.29) is 17.2 Å². The Labute approximate surface area is 131 Å². The van der Waals surface area contributed by atoms with Crippen LogP contribution in [0.3, 0.4) is 0 Å². The predicted molar refractivity (Wildman–Crippen MR) is 82.8 cm³/mol. The average Bonchev–Trinajstić information content (AvgIpc) is 2.46. The van der Waals surface area contributed by atoms with Crippen LogP contribution in [0.2, 0.25) is 0 Å². The Morgan fingerprint density at radius 2 is 1.95 bits per heavy atom. The van der Waals surface area contributed by atoms with Gasteiger partial charge in [-0.25, -0.2) is 13.1 Å². The molecule has 2 rings (SSSR count). The van der Waals surface area contributed by atoms with Gasteiger partial charge in [-0.3, -0.25) is 0 Å². The van der Waals surface area contributed by atoms with Crippen LogP contribution in [0, 0.1) is 0 Å². The van der Waals surface area contributed by atoms with E-state index < -0.39 is 10.0 Å². The summed E-state index contributed by atoms with van der Waals surface area (Å²) in [4.78, 5) is 0.116. The van der Waals surface area contributed by atoms with Crippen molar-refractivity contribution >= 4 is 26.0 Å². The SMILES string of the molecule is COc1ccc(S(=O)(=O)NCc2ccccc2O)cc1Br. The Balaban J connectivity index is 2.19. The first-order valence-electron chi connectivity index (χ1n) is 6.04. The van der Waals surface area contributed by atoms with Gasteiger partial charge >= 0.3 is 0 Å². The van der Waals surface area contributed by atoms with Gasteiger partial charge in [0.05, 0.1) is 16.5 Å². The summed E-state index contributed by atoms with van der Waals surface area (Å²) in [7, 11) is -2.16. The molecule has 2 aromatic carbocycles. The third-order valence-electron chi connectivity index (χ3n) is 2.88. The maximum absolute atomic E-state index is 12.2. The van der Waals surface area contributed by atoms with Crippen molar-refractivity contribution in [2.45, 2.75) is 11.4 Å². The molecule has 5 nitrogen and oxygen atoms in total. The summed E-state index contributed by atoms with van der Waals surface area (Å²) in [6.07, 6.45) is 0. The lowest BCUT2D eigenvalue weighted by molar-refractivity contribution is 0.411. The van der Waals surface area contributed by atoms with Crippen molar-refractivity contribution in [3.8, 4) is 11.5 Å². The molecule has 21 heavy (non-hydrogen) atoms. The van der Waals surface area contributed by atoms with Gasteiger partial charge in [0.15, 0.2) is 0 Å². The highest BCUT2D eigenvalue weighted by Gasteiger charge is 2.16. The number of halogens is 1. The van der Waals surface area contributed by atoms with Crippen molar-refractivity contribution in [3.63, 3.8) is 0 Å². The smallest absolute Gasteiger partial charge is 0.240 e. The molecule has 2 aromatic rings. The maximum Gasteiger partial charge on any atom is 0.240 e. The minimum absolute atomic E-state index is 0.0126. The molecule has 0 unspecified atom stereocenters. The van der Waals surface area contributed by atoms with E-state index in [4.69, 9.17) is 4.74 Å². The highest BCUT2D eigenvalue weighted by atomic mass is 79.9. The summed E-state index contributed by atoms with van der Waals surface area (Å²) >= 11 is 3.25. The Morgan fingerprint density at radius 3 is 2.57 bits per heavy atom. The predicted octanol–water partition coefficient (Wildman–Crippen LogP) is 2.64. The number of benzene rings is 2. The van der Waals surface area contributed by atoms with Crippen LogP contribution in [0.25, 0.3) is 0 Å². The van der Waals surface area contributed by atoms with Crippen LogP contribution in [0.15, 0.2) is 51.8 Å². The Kier molecular flexibility index (Phi) is 4.87. The van der Waals surface area contributed by atoms with Crippen LogP contribution in [-0.2, 0) is 16.6 Å². The number of hydrogen-bond acceptors (Lipinski definition) is 4. The molecule has 0 radical (unpaired) electrons. The fourth-order valence-electron chi connectivity index (χ4n) is 1.73. The Bertz CT molecular complexity index is 746. The lowest BCUT2D eigenvalue weighted by atomic mass is 10.2. The molecule has 0 aliphatic heterocycles. The van der Waals surface area contributed by atoms with Crippen LogP contribution in [0.1, 0.15) is 5.56 Å². The molecule has 0 amide bonds. The topological polar surface area (TPSA) is 75.6 Å². The molecule has 0 heterocycles. The molecular formula is C14H14BrNO4S. The van der Waals surface area contributed by atoms with Crippen molar-refractivity contribution in [1.29, 1.82) is 0 Å². The molecule has 0 saturated heterocycles. The number of sulfonamides is 1. The monoisotopic (exact) mass is 371 g/mol. The molecule has 0 spiro atoms. The molecule has 0 atom stereocenters. The zero-order valence-electron chi connectivity index (χ0n) is 11.2. The zero-order valence-corrected chi connectivity index (χ0v) is 13.6. The lowest BCUT2D eigenvalue weighted by Gasteiger charge is -2.10. The molecule has 0 bridgehead atoms. The van der Waals surface area contributed by atoms with Gasteiger partial charge in [-0.15, -0.1) is 0 Å². The van der Waals surface area contributed by atoms with Gasteiger partial charge in [0.2, 0.25) is 10.0 Å². The minimum Gasteiger partial charge on any atom is -0.508 e. The Hall–Kier alpha value is -1.57. The van der Waals surface area contributed by atoms with Crippen molar-refractivity contribution in [2.75, 3.05) is 7.11 Å². The van der Waals surface area contributed by atoms with E-state index >= 15 is 0 Å². The standard InChI is InChI=1S/C14H14BrNO4S/c1-20-14-7-6-11(8-12(14)15)21(18,19)16-9-10-4-2-3-5-13(10)17/h2-8,16-17H,9H2,1H3. The summed E-state index contributed by atoms with van der Waals surface area (Å²) in [5.41, 5.74) is 0.508. The summed E-state index contributed by atoms with van der Waals surface area (Å²) in [5, 5.41) is 9.63. The molecule has 0 aliphatic rings. The van der Waals surface area contributed by atoms with E-state index in [2.05, 4.69) is 20.7 Å². The molecule has 112 valence electrons. The minimum atomic E-state index is -3.67. The molecular weight excluding hydrogens is 358 g/mol. The number of nitrogens with one attached hydrogen (secondary N) is 1. The second kappa shape index (κ2) is 6.46. The third-order valence-corrected chi connectivity index (χ3v) is 4.90. The number of phenols is 1. The number of phenolic OH excluding ortho intramolecular Hbond substituents is 1.